The van der Waals surface area contributed by atoms with Gasteiger partial charge in [-0.1, -0.05) is 36.4 Å². The molecule has 0 saturated heterocycles. The second-order valence-corrected chi connectivity index (χ2v) is 7.11. The molecule has 0 aromatic heterocycles. The molecule has 4 rings (SSSR count). The van der Waals surface area contributed by atoms with Gasteiger partial charge in [-0.25, -0.2) is 9.80 Å². The Morgan fingerprint density at radius 1 is 1.07 bits per heavy atom. The Hall–Kier alpha value is -3.48. The first kappa shape index (κ1) is 18.9. The van der Waals surface area contributed by atoms with Crippen molar-refractivity contribution >= 4 is 34.9 Å². The van der Waals surface area contributed by atoms with Crippen LogP contribution in [0.25, 0.3) is 0 Å². The molecule has 2 aliphatic heterocycles. The lowest BCUT2D eigenvalue weighted by molar-refractivity contribution is -0.141. The molecule has 0 fully saturated rings. The Bertz CT molecular complexity index is 987. The van der Waals surface area contributed by atoms with Crippen molar-refractivity contribution in [3.05, 3.63) is 60.2 Å². The summed E-state index contributed by atoms with van der Waals surface area (Å²) in [5, 5.41) is 5.37. The molecule has 7 heteroatoms. The maximum absolute atomic E-state index is 12.7. The van der Waals surface area contributed by atoms with E-state index in [1.54, 1.807) is 29.2 Å². The molecule has 0 spiro atoms. The van der Waals surface area contributed by atoms with Gasteiger partial charge in [-0.3, -0.25) is 9.59 Å². The zero-order valence-corrected chi connectivity index (χ0v) is 16.1. The molecule has 7 nitrogen and oxygen atoms in total. The third-order valence-corrected chi connectivity index (χ3v) is 5.07. The number of hydrogen-bond donors (Lipinski definition) is 0. The molecule has 2 amide bonds. The van der Waals surface area contributed by atoms with E-state index in [1.807, 2.05) is 37.3 Å². The van der Waals surface area contributed by atoms with Crippen LogP contribution in [0.1, 0.15) is 25.3 Å². The number of nitrogens with zero attached hydrogens (tertiary/aromatic N) is 3. The van der Waals surface area contributed by atoms with Gasteiger partial charge in [-0.15, -0.1) is 0 Å². The number of esters is 1. The fourth-order valence-corrected chi connectivity index (χ4v) is 3.70. The van der Waals surface area contributed by atoms with Gasteiger partial charge in [0.25, 0.3) is 5.91 Å². The van der Waals surface area contributed by atoms with E-state index in [1.165, 1.54) is 5.01 Å². The molecule has 0 saturated carbocycles. The van der Waals surface area contributed by atoms with Crippen LogP contribution >= 0.6 is 0 Å². The molecule has 2 aromatic carbocycles. The van der Waals surface area contributed by atoms with Crippen molar-refractivity contribution in [2.24, 2.45) is 5.10 Å². The minimum atomic E-state index is -0.674. The van der Waals surface area contributed by atoms with Gasteiger partial charge in [0.05, 0.1) is 5.69 Å². The minimum absolute atomic E-state index is 0.0109. The summed E-state index contributed by atoms with van der Waals surface area (Å²) in [6.07, 6.45) is 1.13. The summed E-state index contributed by atoms with van der Waals surface area (Å²) >= 11 is 0. The van der Waals surface area contributed by atoms with Gasteiger partial charge in [0, 0.05) is 24.6 Å². The normalized spacial score (nSPS) is 18.3. The van der Waals surface area contributed by atoms with Gasteiger partial charge >= 0.3 is 5.97 Å². The lowest BCUT2D eigenvalue weighted by Gasteiger charge is -2.24. The van der Waals surface area contributed by atoms with Gasteiger partial charge in [-0.05, 0) is 37.1 Å². The van der Waals surface area contributed by atoms with E-state index in [2.05, 4.69) is 5.10 Å². The van der Waals surface area contributed by atoms with E-state index >= 15 is 0 Å². The summed E-state index contributed by atoms with van der Waals surface area (Å²) in [6.45, 7) is 1.60. The number of hydrogen-bond acceptors (Lipinski definition) is 5. The summed E-state index contributed by atoms with van der Waals surface area (Å²) in [5.41, 5.74) is 2.68. The Morgan fingerprint density at radius 2 is 1.79 bits per heavy atom. The Kier molecular flexibility index (Phi) is 5.12. The first-order valence-electron chi connectivity index (χ1n) is 9.57. The van der Waals surface area contributed by atoms with Gasteiger partial charge < -0.3 is 9.64 Å². The third kappa shape index (κ3) is 3.76. The number of hydrazone groups is 1. The van der Waals surface area contributed by atoms with E-state index in [0.29, 0.717) is 5.69 Å². The lowest BCUT2D eigenvalue weighted by Crippen LogP contribution is -2.40. The first-order chi connectivity index (χ1) is 14.0. The van der Waals surface area contributed by atoms with E-state index in [0.717, 1.165) is 17.7 Å². The number of benzene rings is 2. The SMILES string of the molecule is C[C@@H]1Cc2ccccc2N1C(=O)COC(=O)C1=NN(c2ccccc2)C(=O)CC1. The number of anilines is 2. The van der Waals surface area contributed by atoms with Crippen molar-refractivity contribution < 1.29 is 19.1 Å². The van der Waals surface area contributed by atoms with E-state index in [4.69, 9.17) is 4.74 Å². The van der Waals surface area contributed by atoms with Crippen molar-refractivity contribution in [1.82, 2.24) is 0 Å². The molecule has 29 heavy (non-hydrogen) atoms. The molecule has 148 valence electrons. The van der Waals surface area contributed by atoms with Gasteiger partial charge in [0.2, 0.25) is 5.91 Å². The standard InChI is InChI=1S/C22H21N3O4/c1-15-13-16-7-5-6-10-19(16)24(15)21(27)14-29-22(28)18-11-12-20(26)25(23-18)17-8-3-2-4-9-17/h2-10,15H,11-14H2,1H3/t15-/m1/s1. The first-order valence-corrected chi connectivity index (χ1v) is 9.57. The summed E-state index contributed by atoms with van der Waals surface area (Å²) in [5.74, 6) is -1.14. The molecule has 0 bridgehead atoms. The maximum Gasteiger partial charge on any atom is 0.355 e. The number of para-hydroxylation sites is 2. The van der Waals surface area contributed by atoms with E-state index in [-0.39, 0.29) is 43.0 Å². The smallest absolute Gasteiger partial charge is 0.355 e. The Labute approximate surface area is 168 Å². The molecule has 2 heterocycles. The Balaban J connectivity index is 1.43. The highest BCUT2D eigenvalue weighted by atomic mass is 16.5. The average molecular weight is 391 g/mol. The fourth-order valence-electron chi connectivity index (χ4n) is 3.70. The molecule has 2 aromatic rings. The van der Waals surface area contributed by atoms with Crippen molar-refractivity contribution in [1.29, 1.82) is 0 Å². The van der Waals surface area contributed by atoms with Crippen molar-refractivity contribution in [2.75, 3.05) is 16.5 Å². The number of ether oxygens (including phenoxy) is 1. The van der Waals surface area contributed by atoms with Crippen molar-refractivity contribution in [3.8, 4) is 0 Å². The van der Waals surface area contributed by atoms with Crippen LogP contribution in [0, 0.1) is 0 Å². The maximum atomic E-state index is 12.7. The monoisotopic (exact) mass is 391 g/mol. The van der Waals surface area contributed by atoms with Crippen molar-refractivity contribution in [3.63, 3.8) is 0 Å². The highest BCUT2D eigenvalue weighted by Crippen LogP contribution is 2.31. The highest BCUT2D eigenvalue weighted by Gasteiger charge is 2.32. The largest absolute Gasteiger partial charge is 0.451 e. The number of carbonyl (C=O) groups is 3. The summed E-state index contributed by atoms with van der Waals surface area (Å²) in [6, 6.07) is 16.6. The number of carbonyl (C=O) groups excluding carboxylic acids is 3. The average Bonchev–Trinajstić information content (AvgIpc) is 3.08. The van der Waals surface area contributed by atoms with Crippen LogP contribution < -0.4 is 9.91 Å². The second kappa shape index (κ2) is 7.87. The highest BCUT2D eigenvalue weighted by molar-refractivity contribution is 6.38. The van der Waals surface area contributed by atoms with Crippen LogP contribution in [-0.2, 0) is 25.5 Å². The molecule has 2 aliphatic rings. The quantitative estimate of drug-likeness (QED) is 0.751. The minimum Gasteiger partial charge on any atom is -0.451 e. The van der Waals surface area contributed by atoms with Crippen LogP contribution in [0.5, 0.6) is 0 Å². The third-order valence-electron chi connectivity index (χ3n) is 5.07. The number of fused-ring (bicyclic) bond motifs is 1. The topological polar surface area (TPSA) is 79.3 Å². The molecule has 0 unspecified atom stereocenters. The zero-order chi connectivity index (χ0) is 20.4. The van der Waals surface area contributed by atoms with Gasteiger partial charge in [0.1, 0.15) is 5.71 Å². The number of rotatable bonds is 4. The Morgan fingerprint density at radius 3 is 2.59 bits per heavy atom. The molecular weight excluding hydrogens is 370 g/mol. The van der Waals surface area contributed by atoms with Crippen LogP contribution in [0.4, 0.5) is 11.4 Å². The van der Waals surface area contributed by atoms with Crippen LogP contribution in [0.3, 0.4) is 0 Å². The van der Waals surface area contributed by atoms with Crippen molar-refractivity contribution in [2.45, 2.75) is 32.2 Å². The fraction of sp³-hybridized carbons (Fsp3) is 0.273. The molecular formula is C22H21N3O4. The lowest BCUT2D eigenvalue weighted by atomic mass is 10.1. The molecule has 0 radical (unpaired) electrons. The predicted molar refractivity (Wildman–Crippen MR) is 109 cm³/mol. The van der Waals surface area contributed by atoms with E-state index in [9.17, 15) is 14.4 Å². The molecule has 0 aliphatic carbocycles. The van der Waals surface area contributed by atoms with Gasteiger partial charge in [-0.2, -0.15) is 5.10 Å². The van der Waals surface area contributed by atoms with Crippen LogP contribution in [-0.4, -0.2) is 36.1 Å². The van der Waals surface area contributed by atoms with Crippen LogP contribution in [0.15, 0.2) is 59.7 Å². The summed E-state index contributed by atoms with van der Waals surface area (Å²) in [4.78, 5) is 39.0. The summed E-state index contributed by atoms with van der Waals surface area (Å²) < 4.78 is 5.24. The van der Waals surface area contributed by atoms with Gasteiger partial charge in [0.15, 0.2) is 6.61 Å². The molecule has 0 N–H and O–H groups in total. The molecule has 1 atom stereocenters. The number of amides is 2. The summed E-state index contributed by atoms with van der Waals surface area (Å²) in [7, 11) is 0. The zero-order valence-electron chi connectivity index (χ0n) is 16.1. The second-order valence-electron chi connectivity index (χ2n) is 7.11. The predicted octanol–water partition coefficient (Wildman–Crippen LogP) is 2.69. The van der Waals surface area contributed by atoms with Crippen LogP contribution in [0.2, 0.25) is 0 Å². The van der Waals surface area contributed by atoms with E-state index < -0.39 is 5.97 Å².